The molecular formula is C16H31N3. The van der Waals surface area contributed by atoms with E-state index < -0.39 is 0 Å². The van der Waals surface area contributed by atoms with Gasteiger partial charge < -0.3 is 4.90 Å². The smallest absolute Gasteiger partial charge is 0.106 e. The maximum Gasteiger partial charge on any atom is 0.106 e. The normalized spacial score (nSPS) is 19.8. The van der Waals surface area contributed by atoms with E-state index >= 15 is 0 Å². The molecule has 1 atom stereocenters. The first-order chi connectivity index (χ1) is 9.03. The molecule has 1 aliphatic rings. The molecule has 0 aromatic heterocycles. The molecule has 0 amide bonds. The molecule has 0 radical (unpaired) electrons. The van der Waals surface area contributed by atoms with E-state index in [9.17, 15) is 5.26 Å². The molecule has 3 nitrogen and oxygen atoms in total. The van der Waals surface area contributed by atoms with Crippen molar-refractivity contribution in [2.24, 2.45) is 0 Å². The van der Waals surface area contributed by atoms with Gasteiger partial charge in [-0.2, -0.15) is 5.26 Å². The molecule has 0 aromatic carbocycles. The summed E-state index contributed by atoms with van der Waals surface area (Å²) in [6.45, 7) is 7.46. The van der Waals surface area contributed by atoms with Gasteiger partial charge >= 0.3 is 0 Å². The van der Waals surface area contributed by atoms with E-state index in [1.165, 1.54) is 25.7 Å². The third-order valence-corrected chi connectivity index (χ3v) is 4.44. The predicted molar refractivity (Wildman–Crippen MR) is 81.0 cm³/mol. The molecular weight excluding hydrogens is 234 g/mol. The zero-order valence-electron chi connectivity index (χ0n) is 13.2. The summed E-state index contributed by atoms with van der Waals surface area (Å²) in [5.74, 6) is 0. The Kier molecular flexibility index (Phi) is 6.82. The minimum atomic E-state index is -0.329. The first-order valence-electron chi connectivity index (χ1n) is 7.92. The predicted octanol–water partition coefficient (Wildman–Crippen LogP) is 3.31. The van der Waals surface area contributed by atoms with Crippen LogP contribution >= 0.6 is 0 Å². The molecule has 0 heterocycles. The molecule has 3 heteroatoms. The molecule has 0 aliphatic heterocycles. The Morgan fingerprint density at radius 1 is 1.37 bits per heavy atom. The minimum absolute atomic E-state index is 0.329. The number of nitriles is 1. The van der Waals surface area contributed by atoms with Crippen molar-refractivity contribution in [1.29, 1.82) is 5.26 Å². The average Bonchev–Trinajstić information content (AvgIpc) is 2.90. The lowest BCUT2D eigenvalue weighted by Gasteiger charge is -2.31. The standard InChI is InChI=1S/C16H31N3/c1-5-16(13-17,18-14(2)3)11-8-12-19(4)15-9-6-7-10-15/h14-15,18H,5-12H2,1-4H3. The van der Waals surface area contributed by atoms with Crippen LogP contribution in [0.3, 0.4) is 0 Å². The molecule has 19 heavy (non-hydrogen) atoms. The second-order valence-corrected chi connectivity index (χ2v) is 6.37. The van der Waals surface area contributed by atoms with Gasteiger partial charge in [-0.1, -0.05) is 19.8 Å². The lowest BCUT2D eigenvalue weighted by Crippen LogP contribution is -2.47. The SMILES string of the molecule is CCC(C#N)(CCCN(C)C1CCCC1)NC(C)C. The molecule has 0 aromatic rings. The van der Waals surface area contributed by atoms with Crippen molar-refractivity contribution < 1.29 is 0 Å². The van der Waals surface area contributed by atoms with Crippen molar-refractivity contribution in [2.45, 2.75) is 83.3 Å². The zero-order valence-corrected chi connectivity index (χ0v) is 13.2. The van der Waals surface area contributed by atoms with Crippen LogP contribution < -0.4 is 5.32 Å². The summed E-state index contributed by atoms with van der Waals surface area (Å²) in [7, 11) is 2.24. The largest absolute Gasteiger partial charge is 0.303 e. The maximum absolute atomic E-state index is 9.48. The summed E-state index contributed by atoms with van der Waals surface area (Å²) < 4.78 is 0. The highest BCUT2D eigenvalue weighted by atomic mass is 15.1. The fraction of sp³-hybridized carbons (Fsp3) is 0.938. The van der Waals surface area contributed by atoms with E-state index in [4.69, 9.17) is 0 Å². The van der Waals surface area contributed by atoms with Crippen LogP contribution in [0.15, 0.2) is 0 Å². The molecule has 1 rings (SSSR count). The van der Waals surface area contributed by atoms with Gasteiger partial charge in [0.15, 0.2) is 0 Å². The molecule has 1 N–H and O–H groups in total. The van der Waals surface area contributed by atoms with Crippen LogP contribution in [0.1, 0.15) is 65.7 Å². The van der Waals surface area contributed by atoms with Crippen molar-refractivity contribution in [1.82, 2.24) is 10.2 Å². The van der Waals surface area contributed by atoms with Gasteiger partial charge in [-0.15, -0.1) is 0 Å². The number of hydrogen-bond donors (Lipinski definition) is 1. The van der Waals surface area contributed by atoms with Gasteiger partial charge in [-0.25, -0.2) is 0 Å². The van der Waals surface area contributed by atoms with Crippen LogP contribution in [0.25, 0.3) is 0 Å². The average molecular weight is 265 g/mol. The topological polar surface area (TPSA) is 39.1 Å². The number of hydrogen-bond acceptors (Lipinski definition) is 3. The Morgan fingerprint density at radius 3 is 2.47 bits per heavy atom. The Hall–Kier alpha value is -0.590. The quantitative estimate of drug-likeness (QED) is 0.732. The Labute approximate surface area is 119 Å². The molecule has 0 saturated heterocycles. The molecule has 0 spiro atoms. The summed E-state index contributed by atoms with van der Waals surface area (Å²) >= 11 is 0. The second kappa shape index (κ2) is 7.87. The summed E-state index contributed by atoms with van der Waals surface area (Å²) in [4.78, 5) is 2.50. The second-order valence-electron chi connectivity index (χ2n) is 6.37. The van der Waals surface area contributed by atoms with Crippen molar-refractivity contribution in [3.05, 3.63) is 0 Å². The Bertz CT molecular complexity index is 289. The van der Waals surface area contributed by atoms with Crippen LogP contribution in [0.4, 0.5) is 0 Å². The van der Waals surface area contributed by atoms with Gasteiger partial charge in [0.1, 0.15) is 5.54 Å². The van der Waals surface area contributed by atoms with Crippen LogP contribution in [-0.2, 0) is 0 Å². The van der Waals surface area contributed by atoms with Crippen molar-refractivity contribution >= 4 is 0 Å². The van der Waals surface area contributed by atoms with Crippen LogP contribution in [-0.4, -0.2) is 36.1 Å². The Morgan fingerprint density at radius 2 is 2.00 bits per heavy atom. The molecule has 1 aliphatic carbocycles. The van der Waals surface area contributed by atoms with E-state index in [0.29, 0.717) is 6.04 Å². The fourth-order valence-electron chi connectivity index (χ4n) is 3.23. The van der Waals surface area contributed by atoms with Gasteiger partial charge in [0.25, 0.3) is 0 Å². The molecule has 110 valence electrons. The van der Waals surface area contributed by atoms with Crippen molar-refractivity contribution in [2.75, 3.05) is 13.6 Å². The van der Waals surface area contributed by atoms with Gasteiger partial charge in [-0.3, -0.25) is 5.32 Å². The number of nitrogens with one attached hydrogen (secondary N) is 1. The summed E-state index contributed by atoms with van der Waals surface area (Å²) in [5.41, 5.74) is -0.329. The van der Waals surface area contributed by atoms with Crippen molar-refractivity contribution in [3.63, 3.8) is 0 Å². The van der Waals surface area contributed by atoms with Gasteiger partial charge in [0.2, 0.25) is 0 Å². The Balaban J connectivity index is 2.37. The van der Waals surface area contributed by atoms with Crippen LogP contribution in [0, 0.1) is 11.3 Å². The summed E-state index contributed by atoms with van der Waals surface area (Å²) in [6.07, 6.45) is 8.44. The van der Waals surface area contributed by atoms with E-state index in [0.717, 1.165) is 31.8 Å². The lowest BCUT2D eigenvalue weighted by molar-refractivity contribution is 0.227. The van der Waals surface area contributed by atoms with E-state index in [2.05, 4.69) is 44.1 Å². The molecule has 1 fully saturated rings. The third-order valence-electron chi connectivity index (χ3n) is 4.44. The molecule has 0 bridgehead atoms. The summed E-state index contributed by atoms with van der Waals surface area (Å²) in [6, 6.07) is 3.67. The highest BCUT2D eigenvalue weighted by Gasteiger charge is 2.28. The van der Waals surface area contributed by atoms with Gasteiger partial charge in [-0.05, 0) is 59.5 Å². The maximum atomic E-state index is 9.48. The van der Waals surface area contributed by atoms with E-state index in [1.54, 1.807) is 0 Å². The van der Waals surface area contributed by atoms with Gasteiger partial charge in [0.05, 0.1) is 6.07 Å². The van der Waals surface area contributed by atoms with Crippen molar-refractivity contribution in [3.8, 4) is 6.07 Å². The van der Waals surface area contributed by atoms with Crippen LogP contribution in [0.2, 0.25) is 0 Å². The first-order valence-corrected chi connectivity index (χ1v) is 7.92. The third kappa shape index (κ3) is 5.12. The van der Waals surface area contributed by atoms with E-state index in [-0.39, 0.29) is 5.54 Å². The summed E-state index contributed by atoms with van der Waals surface area (Å²) in [5, 5.41) is 12.9. The van der Waals surface area contributed by atoms with Gasteiger partial charge in [0, 0.05) is 12.1 Å². The van der Waals surface area contributed by atoms with E-state index in [1.807, 2.05) is 0 Å². The fourth-order valence-corrected chi connectivity index (χ4v) is 3.23. The zero-order chi connectivity index (χ0) is 14.3. The van der Waals surface area contributed by atoms with Crippen LogP contribution in [0.5, 0.6) is 0 Å². The highest BCUT2D eigenvalue weighted by Crippen LogP contribution is 2.23. The molecule has 1 saturated carbocycles. The minimum Gasteiger partial charge on any atom is -0.303 e. The number of nitrogens with zero attached hydrogens (tertiary/aromatic N) is 2. The first kappa shape index (κ1) is 16.5. The molecule has 1 unspecified atom stereocenters. The number of rotatable bonds is 8. The monoisotopic (exact) mass is 265 g/mol. The highest BCUT2D eigenvalue weighted by molar-refractivity contribution is 5.06. The lowest BCUT2D eigenvalue weighted by atomic mass is 9.91.